The fourth-order valence-electron chi connectivity index (χ4n) is 3.05. The van der Waals surface area contributed by atoms with E-state index >= 15 is 0 Å². The second kappa shape index (κ2) is 9.65. The van der Waals surface area contributed by atoms with Crippen LogP contribution in [0.2, 0.25) is 10.0 Å². The lowest BCUT2D eigenvalue weighted by atomic mass is 10.2. The van der Waals surface area contributed by atoms with Crippen molar-refractivity contribution in [3.05, 3.63) is 52.5 Å². The number of alkyl halides is 3. The first kappa shape index (κ1) is 23.0. The number of carbonyl (C=O) groups excluding carboxylic acids is 2. The van der Waals surface area contributed by atoms with Crippen LogP contribution in [0.1, 0.15) is 0 Å². The van der Waals surface area contributed by atoms with Gasteiger partial charge in [-0.2, -0.15) is 13.2 Å². The van der Waals surface area contributed by atoms with E-state index in [1.54, 1.807) is 47.4 Å². The molecule has 0 bridgehead atoms. The number of piperazine rings is 1. The highest BCUT2D eigenvalue weighted by Gasteiger charge is 2.43. The molecule has 3 rings (SSSR count). The summed E-state index contributed by atoms with van der Waals surface area (Å²) in [5, 5.41) is 3.54. The molecule has 0 atom stereocenters. The molecule has 0 spiro atoms. The van der Waals surface area contributed by atoms with E-state index < -0.39 is 18.0 Å². The lowest BCUT2D eigenvalue weighted by Gasteiger charge is -2.36. The predicted molar refractivity (Wildman–Crippen MR) is 112 cm³/mol. The molecule has 1 fully saturated rings. The Labute approximate surface area is 186 Å². The number of nitrogens with zero attached hydrogens (tertiary/aromatic N) is 2. The molecule has 2 aromatic carbocycles. The predicted octanol–water partition coefficient (Wildman–Crippen LogP) is 4.22. The minimum Gasteiger partial charge on any atom is -0.484 e. The zero-order valence-corrected chi connectivity index (χ0v) is 17.6. The highest BCUT2D eigenvalue weighted by atomic mass is 35.5. The molecular formula is C20H18Cl2F3N3O3. The summed E-state index contributed by atoms with van der Waals surface area (Å²) >= 11 is 12.1. The maximum Gasteiger partial charge on any atom is 0.471 e. The van der Waals surface area contributed by atoms with Crippen LogP contribution in [0.15, 0.2) is 42.5 Å². The van der Waals surface area contributed by atoms with E-state index in [0.29, 0.717) is 27.2 Å². The summed E-state index contributed by atoms with van der Waals surface area (Å²) in [5.41, 5.74) is 1.06. The lowest BCUT2D eigenvalue weighted by molar-refractivity contribution is -0.185. The average molecular weight is 476 g/mol. The van der Waals surface area contributed by atoms with Crippen molar-refractivity contribution in [3.8, 4) is 5.75 Å². The number of carbonyl (C=O) groups is 2. The van der Waals surface area contributed by atoms with E-state index in [0.717, 1.165) is 4.90 Å². The third-order valence-corrected chi connectivity index (χ3v) is 5.12. The maximum absolute atomic E-state index is 12.6. The van der Waals surface area contributed by atoms with Gasteiger partial charge in [0.25, 0.3) is 5.91 Å². The van der Waals surface area contributed by atoms with Gasteiger partial charge in [-0.05, 0) is 42.5 Å². The van der Waals surface area contributed by atoms with Gasteiger partial charge in [0.2, 0.25) is 0 Å². The Bertz CT molecular complexity index is 947. The molecule has 1 saturated heterocycles. The minimum absolute atomic E-state index is 0.0603. The number of hydrogen-bond donors (Lipinski definition) is 1. The smallest absolute Gasteiger partial charge is 0.471 e. The van der Waals surface area contributed by atoms with Crippen molar-refractivity contribution < 1.29 is 27.5 Å². The van der Waals surface area contributed by atoms with Crippen molar-refractivity contribution in [1.29, 1.82) is 0 Å². The largest absolute Gasteiger partial charge is 0.484 e. The first-order valence-electron chi connectivity index (χ1n) is 9.22. The number of amides is 2. The number of ether oxygens (including phenoxy) is 1. The summed E-state index contributed by atoms with van der Waals surface area (Å²) in [6.45, 7) is 0.0882. The number of hydrogen-bond acceptors (Lipinski definition) is 4. The second-order valence-corrected chi connectivity index (χ2v) is 7.58. The zero-order chi connectivity index (χ0) is 22.6. The standard InChI is InChI=1S/C20H18Cl2F3N3O3/c21-13-1-4-15(5-2-13)31-12-18(29)26-14-3-6-17(16(22)11-14)27-7-9-28(10-8-27)19(30)20(23,24)25/h1-6,11H,7-10,12H2,(H,26,29). The number of anilines is 2. The van der Waals surface area contributed by atoms with Gasteiger partial charge in [0, 0.05) is 36.9 Å². The monoisotopic (exact) mass is 475 g/mol. The second-order valence-electron chi connectivity index (χ2n) is 6.73. The summed E-state index contributed by atoms with van der Waals surface area (Å²) < 4.78 is 43.1. The number of nitrogens with one attached hydrogen (secondary N) is 1. The molecular weight excluding hydrogens is 458 g/mol. The molecule has 1 heterocycles. The number of rotatable bonds is 5. The fourth-order valence-corrected chi connectivity index (χ4v) is 3.47. The van der Waals surface area contributed by atoms with E-state index in [-0.39, 0.29) is 32.8 Å². The molecule has 6 nitrogen and oxygen atoms in total. The Balaban J connectivity index is 1.53. The molecule has 31 heavy (non-hydrogen) atoms. The van der Waals surface area contributed by atoms with Crippen LogP contribution >= 0.6 is 23.2 Å². The molecule has 2 aromatic rings. The molecule has 1 aliphatic heterocycles. The summed E-state index contributed by atoms with van der Waals surface area (Å²) in [4.78, 5) is 26.0. The van der Waals surface area contributed by atoms with Crippen LogP contribution in [-0.2, 0) is 9.59 Å². The first-order valence-corrected chi connectivity index (χ1v) is 9.98. The van der Waals surface area contributed by atoms with Crippen LogP contribution in [-0.4, -0.2) is 55.7 Å². The van der Waals surface area contributed by atoms with Crippen molar-refractivity contribution in [2.45, 2.75) is 6.18 Å². The van der Waals surface area contributed by atoms with Gasteiger partial charge in [0.1, 0.15) is 5.75 Å². The van der Waals surface area contributed by atoms with Crippen LogP contribution in [0.25, 0.3) is 0 Å². The van der Waals surface area contributed by atoms with E-state index in [2.05, 4.69) is 5.32 Å². The molecule has 0 saturated carbocycles. The topological polar surface area (TPSA) is 61.9 Å². The van der Waals surface area contributed by atoms with Gasteiger partial charge >= 0.3 is 12.1 Å². The third-order valence-electron chi connectivity index (χ3n) is 4.57. The van der Waals surface area contributed by atoms with Gasteiger partial charge in [-0.1, -0.05) is 23.2 Å². The summed E-state index contributed by atoms with van der Waals surface area (Å²) in [7, 11) is 0. The van der Waals surface area contributed by atoms with Gasteiger partial charge in [0.05, 0.1) is 10.7 Å². The molecule has 1 N–H and O–H groups in total. The van der Waals surface area contributed by atoms with Gasteiger partial charge in [-0.15, -0.1) is 0 Å². The maximum atomic E-state index is 12.6. The van der Waals surface area contributed by atoms with Crippen LogP contribution < -0.4 is 15.0 Å². The summed E-state index contributed by atoms with van der Waals surface area (Å²) in [6.07, 6.45) is -4.88. The van der Waals surface area contributed by atoms with E-state index in [1.165, 1.54) is 0 Å². The SMILES string of the molecule is O=C(COc1ccc(Cl)cc1)Nc1ccc(N2CCN(C(=O)C(F)(F)F)CC2)c(Cl)c1. The van der Waals surface area contributed by atoms with E-state index in [4.69, 9.17) is 27.9 Å². The van der Waals surface area contributed by atoms with Crippen molar-refractivity contribution in [2.75, 3.05) is 43.0 Å². The Morgan fingerprint density at radius 2 is 1.65 bits per heavy atom. The van der Waals surface area contributed by atoms with Gasteiger partial charge in [0.15, 0.2) is 6.61 Å². The Morgan fingerprint density at radius 3 is 2.23 bits per heavy atom. The molecule has 2 amide bonds. The van der Waals surface area contributed by atoms with E-state index in [9.17, 15) is 22.8 Å². The first-order chi connectivity index (χ1) is 14.6. The number of halogens is 5. The molecule has 11 heteroatoms. The molecule has 166 valence electrons. The highest BCUT2D eigenvalue weighted by molar-refractivity contribution is 6.33. The van der Waals surface area contributed by atoms with Crippen LogP contribution in [0.4, 0.5) is 24.5 Å². The van der Waals surface area contributed by atoms with Gasteiger partial charge < -0.3 is 19.9 Å². The van der Waals surface area contributed by atoms with Crippen molar-refractivity contribution in [3.63, 3.8) is 0 Å². The van der Waals surface area contributed by atoms with Crippen LogP contribution in [0, 0.1) is 0 Å². The molecule has 1 aliphatic rings. The van der Waals surface area contributed by atoms with Crippen molar-refractivity contribution in [2.24, 2.45) is 0 Å². The quantitative estimate of drug-likeness (QED) is 0.702. The fraction of sp³-hybridized carbons (Fsp3) is 0.300. The van der Waals surface area contributed by atoms with Crippen LogP contribution in [0.3, 0.4) is 0 Å². The Morgan fingerprint density at radius 1 is 1.00 bits per heavy atom. The van der Waals surface area contributed by atoms with Crippen LogP contribution in [0.5, 0.6) is 5.75 Å². The Kier molecular flexibility index (Phi) is 7.17. The molecule has 0 radical (unpaired) electrons. The third kappa shape index (κ3) is 6.18. The molecule has 0 aromatic heterocycles. The zero-order valence-electron chi connectivity index (χ0n) is 16.1. The summed E-state index contributed by atoms with van der Waals surface area (Å²) in [5.74, 6) is -1.73. The van der Waals surface area contributed by atoms with Crippen molar-refractivity contribution in [1.82, 2.24) is 4.90 Å². The average Bonchev–Trinajstić information content (AvgIpc) is 2.72. The number of benzene rings is 2. The lowest BCUT2D eigenvalue weighted by Crippen LogP contribution is -2.52. The Hall–Kier alpha value is -2.65. The molecule has 0 aliphatic carbocycles. The van der Waals surface area contributed by atoms with E-state index in [1.807, 2.05) is 0 Å². The van der Waals surface area contributed by atoms with Gasteiger partial charge in [-0.3, -0.25) is 9.59 Å². The van der Waals surface area contributed by atoms with Gasteiger partial charge in [-0.25, -0.2) is 0 Å². The normalized spacial score (nSPS) is 14.4. The van der Waals surface area contributed by atoms with Crippen molar-refractivity contribution >= 4 is 46.4 Å². The highest BCUT2D eigenvalue weighted by Crippen LogP contribution is 2.30. The minimum atomic E-state index is -4.88. The summed E-state index contributed by atoms with van der Waals surface area (Å²) in [6, 6.07) is 11.4. The molecule has 0 unspecified atom stereocenters.